The number of ether oxygens (including phenoxy) is 1. The van der Waals surface area contributed by atoms with Crippen LogP contribution in [0.15, 0.2) is 53.6 Å². The Morgan fingerprint density at radius 2 is 1.86 bits per heavy atom. The summed E-state index contributed by atoms with van der Waals surface area (Å²) in [5, 5.41) is 1.25. The van der Waals surface area contributed by atoms with Crippen LogP contribution in [0.1, 0.15) is 23.6 Å². The zero-order valence-corrected chi connectivity index (χ0v) is 21.5. The summed E-state index contributed by atoms with van der Waals surface area (Å²) in [7, 11) is 0. The van der Waals surface area contributed by atoms with Gasteiger partial charge < -0.3 is 14.2 Å². The van der Waals surface area contributed by atoms with Gasteiger partial charge in [0, 0.05) is 35.3 Å². The second kappa shape index (κ2) is 10.5. The van der Waals surface area contributed by atoms with Crippen LogP contribution in [0.2, 0.25) is 5.02 Å². The number of rotatable bonds is 6. The number of amides is 3. The van der Waals surface area contributed by atoms with Crippen molar-refractivity contribution in [3.8, 4) is 0 Å². The average molecular weight is 524 g/mol. The number of morpholine rings is 1. The molecule has 0 unspecified atom stereocenters. The van der Waals surface area contributed by atoms with Crippen LogP contribution in [0.5, 0.6) is 0 Å². The summed E-state index contributed by atoms with van der Waals surface area (Å²) >= 11 is 6.89. The van der Waals surface area contributed by atoms with Gasteiger partial charge in [0.2, 0.25) is 5.91 Å². The zero-order valence-electron chi connectivity index (χ0n) is 19.9. The van der Waals surface area contributed by atoms with Crippen LogP contribution in [0.25, 0.3) is 17.0 Å². The van der Waals surface area contributed by atoms with E-state index >= 15 is 0 Å². The normalized spacial score (nSPS) is 17.6. The van der Waals surface area contributed by atoms with E-state index in [9.17, 15) is 14.4 Å². The molecule has 2 saturated heterocycles. The Morgan fingerprint density at radius 3 is 2.58 bits per heavy atom. The van der Waals surface area contributed by atoms with Gasteiger partial charge in [-0.05, 0) is 47.5 Å². The summed E-state index contributed by atoms with van der Waals surface area (Å²) in [6.45, 7) is 4.76. The SMILES string of the molecule is CCc1cccc2c(/C=C3\SC(=O)N(Cc4ccc(Cl)cc4)C3=O)cn(CC(=O)N3CCOCC3)c12. The molecule has 2 fully saturated rings. The summed E-state index contributed by atoms with van der Waals surface area (Å²) in [4.78, 5) is 42.3. The number of halogens is 1. The number of nitrogens with zero attached hydrogens (tertiary/aromatic N) is 3. The molecule has 0 bridgehead atoms. The molecular weight excluding hydrogens is 498 g/mol. The van der Waals surface area contributed by atoms with Crippen molar-refractivity contribution >= 4 is 57.4 Å². The summed E-state index contributed by atoms with van der Waals surface area (Å²) < 4.78 is 7.34. The molecule has 3 heterocycles. The second-order valence-electron chi connectivity index (χ2n) is 8.77. The maximum absolute atomic E-state index is 13.2. The molecule has 2 aliphatic rings. The summed E-state index contributed by atoms with van der Waals surface area (Å²) in [6.07, 6.45) is 4.49. The maximum atomic E-state index is 13.2. The van der Waals surface area contributed by atoms with E-state index in [1.807, 2.05) is 27.8 Å². The topological polar surface area (TPSA) is 71.9 Å². The number of benzene rings is 2. The maximum Gasteiger partial charge on any atom is 0.293 e. The lowest BCUT2D eigenvalue weighted by atomic mass is 10.1. The van der Waals surface area contributed by atoms with E-state index in [1.54, 1.807) is 30.3 Å². The molecule has 3 amide bonds. The third-order valence-electron chi connectivity index (χ3n) is 6.48. The number of imide groups is 1. The Labute approximate surface area is 218 Å². The lowest BCUT2D eigenvalue weighted by Gasteiger charge is -2.27. The van der Waals surface area contributed by atoms with Crippen LogP contribution in [0.4, 0.5) is 4.79 Å². The van der Waals surface area contributed by atoms with Crippen LogP contribution in [-0.4, -0.2) is 57.7 Å². The van der Waals surface area contributed by atoms with Crippen molar-refractivity contribution in [1.82, 2.24) is 14.4 Å². The Morgan fingerprint density at radius 1 is 1.11 bits per heavy atom. The van der Waals surface area contributed by atoms with Crippen molar-refractivity contribution < 1.29 is 19.1 Å². The van der Waals surface area contributed by atoms with Gasteiger partial charge in [-0.2, -0.15) is 0 Å². The van der Waals surface area contributed by atoms with Gasteiger partial charge in [0.25, 0.3) is 11.1 Å². The summed E-state index contributed by atoms with van der Waals surface area (Å²) in [6, 6.07) is 13.1. The second-order valence-corrected chi connectivity index (χ2v) is 10.2. The van der Waals surface area contributed by atoms with E-state index in [-0.39, 0.29) is 30.1 Å². The van der Waals surface area contributed by atoms with E-state index in [4.69, 9.17) is 16.3 Å². The number of para-hydroxylation sites is 1. The van der Waals surface area contributed by atoms with Gasteiger partial charge in [-0.25, -0.2) is 0 Å². The predicted molar refractivity (Wildman–Crippen MR) is 142 cm³/mol. The van der Waals surface area contributed by atoms with Crippen LogP contribution in [0.3, 0.4) is 0 Å². The van der Waals surface area contributed by atoms with E-state index < -0.39 is 0 Å². The standard InChI is InChI=1S/C27H26ClN3O4S/c1-2-19-4-3-5-22-20(16-30(25(19)22)17-24(32)29-10-12-35-13-11-29)14-23-26(33)31(27(34)36-23)15-18-6-8-21(28)9-7-18/h3-9,14,16H,2,10-13,15,17H2,1H3/b23-14-. The van der Waals surface area contributed by atoms with Gasteiger partial charge in [-0.3, -0.25) is 19.3 Å². The largest absolute Gasteiger partial charge is 0.378 e. The molecule has 7 nitrogen and oxygen atoms in total. The number of hydrogen-bond acceptors (Lipinski definition) is 5. The lowest BCUT2D eigenvalue weighted by molar-refractivity contribution is -0.135. The van der Waals surface area contributed by atoms with Gasteiger partial charge in [0.1, 0.15) is 6.54 Å². The average Bonchev–Trinajstić information content (AvgIpc) is 3.37. The van der Waals surface area contributed by atoms with Crippen molar-refractivity contribution in [2.24, 2.45) is 0 Å². The first-order chi connectivity index (χ1) is 17.4. The first-order valence-corrected chi connectivity index (χ1v) is 13.1. The van der Waals surface area contributed by atoms with E-state index in [0.717, 1.165) is 45.8 Å². The molecule has 1 aromatic heterocycles. The molecule has 0 radical (unpaired) electrons. The van der Waals surface area contributed by atoms with Gasteiger partial charge >= 0.3 is 0 Å². The Bertz CT molecular complexity index is 1360. The highest BCUT2D eigenvalue weighted by atomic mass is 35.5. The minimum Gasteiger partial charge on any atom is -0.378 e. The molecule has 0 spiro atoms. The van der Waals surface area contributed by atoms with Gasteiger partial charge in [-0.15, -0.1) is 0 Å². The van der Waals surface area contributed by atoms with Crippen LogP contribution in [0, 0.1) is 0 Å². The number of hydrogen-bond donors (Lipinski definition) is 0. The molecule has 0 saturated carbocycles. The Hall–Kier alpha value is -3.07. The predicted octanol–water partition coefficient (Wildman–Crippen LogP) is 4.95. The summed E-state index contributed by atoms with van der Waals surface area (Å²) in [5.74, 6) is -0.284. The molecule has 9 heteroatoms. The van der Waals surface area contributed by atoms with E-state index in [0.29, 0.717) is 36.2 Å². The lowest BCUT2D eigenvalue weighted by Crippen LogP contribution is -2.42. The van der Waals surface area contributed by atoms with Crippen LogP contribution in [-0.2, 0) is 33.8 Å². The van der Waals surface area contributed by atoms with Crippen molar-refractivity contribution in [2.45, 2.75) is 26.4 Å². The Balaban J connectivity index is 1.45. The summed E-state index contributed by atoms with van der Waals surface area (Å²) in [5.41, 5.74) is 3.74. The third kappa shape index (κ3) is 4.93. The van der Waals surface area contributed by atoms with E-state index in [2.05, 4.69) is 13.0 Å². The first kappa shape index (κ1) is 24.6. The molecule has 3 aromatic rings. The highest BCUT2D eigenvalue weighted by Crippen LogP contribution is 2.35. The van der Waals surface area contributed by atoms with Gasteiger partial charge in [0.05, 0.1) is 30.2 Å². The number of carbonyl (C=O) groups excluding carboxylic acids is 3. The molecule has 0 N–H and O–H groups in total. The van der Waals surface area contributed by atoms with Crippen LogP contribution >= 0.6 is 23.4 Å². The first-order valence-electron chi connectivity index (χ1n) is 11.9. The molecular formula is C27H26ClN3O4S. The number of carbonyl (C=O) groups is 3. The monoisotopic (exact) mass is 523 g/mol. The number of aromatic nitrogens is 1. The highest BCUT2D eigenvalue weighted by molar-refractivity contribution is 8.18. The minimum atomic E-state index is -0.322. The van der Waals surface area contributed by atoms with Gasteiger partial charge in [-0.1, -0.05) is 48.9 Å². The number of aryl methyl sites for hydroxylation is 1. The third-order valence-corrected chi connectivity index (χ3v) is 7.64. The smallest absolute Gasteiger partial charge is 0.293 e. The minimum absolute atomic E-state index is 0.0379. The van der Waals surface area contributed by atoms with Gasteiger partial charge in [0.15, 0.2) is 0 Å². The molecule has 2 aromatic carbocycles. The van der Waals surface area contributed by atoms with Crippen molar-refractivity contribution in [3.63, 3.8) is 0 Å². The molecule has 2 aliphatic heterocycles. The molecule has 36 heavy (non-hydrogen) atoms. The fraction of sp³-hybridized carbons (Fsp3) is 0.296. The molecule has 0 atom stereocenters. The number of fused-ring (bicyclic) bond motifs is 1. The molecule has 5 rings (SSSR count). The van der Waals surface area contributed by atoms with Crippen LogP contribution < -0.4 is 0 Å². The van der Waals surface area contributed by atoms with Crippen molar-refractivity contribution in [3.05, 3.63) is 75.3 Å². The van der Waals surface area contributed by atoms with Crippen molar-refractivity contribution in [1.29, 1.82) is 0 Å². The number of thioether (sulfide) groups is 1. The fourth-order valence-electron chi connectivity index (χ4n) is 4.60. The van der Waals surface area contributed by atoms with Crippen molar-refractivity contribution in [2.75, 3.05) is 26.3 Å². The fourth-order valence-corrected chi connectivity index (χ4v) is 5.55. The molecule has 0 aliphatic carbocycles. The highest BCUT2D eigenvalue weighted by Gasteiger charge is 2.35. The Kier molecular flexibility index (Phi) is 7.18. The van der Waals surface area contributed by atoms with E-state index in [1.165, 1.54) is 4.90 Å². The quantitative estimate of drug-likeness (QED) is 0.427. The zero-order chi connectivity index (χ0) is 25.2. The molecule has 186 valence electrons.